The van der Waals surface area contributed by atoms with E-state index in [1.807, 2.05) is 4.90 Å². The number of nitrogens with zero attached hydrogens (tertiary/aromatic N) is 2. The number of hydrogen-bond donors (Lipinski definition) is 1. The van der Waals surface area contributed by atoms with Crippen molar-refractivity contribution in [1.29, 1.82) is 0 Å². The quantitative estimate of drug-likeness (QED) is 0.732. The van der Waals surface area contributed by atoms with Gasteiger partial charge in [0, 0.05) is 32.7 Å². The molecule has 0 bridgehead atoms. The van der Waals surface area contributed by atoms with Gasteiger partial charge in [-0.25, -0.2) is 8.42 Å². The first kappa shape index (κ1) is 15.7. The van der Waals surface area contributed by atoms with Crippen LogP contribution in [0.3, 0.4) is 0 Å². The zero-order valence-electron chi connectivity index (χ0n) is 12.1. The first-order chi connectivity index (χ1) is 9.41. The molecule has 2 N–H and O–H groups in total. The summed E-state index contributed by atoms with van der Waals surface area (Å²) in [7, 11) is -2.98. The number of carbonyl (C=O) groups is 1. The Labute approximate surface area is 121 Å². The van der Waals surface area contributed by atoms with Crippen LogP contribution in [0, 0.1) is 11.8 Å². The molecule has 0 spiro atoms. The van der Waals surface area contributed by atoms with Crippen molar-refractivity contribution in [1.82, 2.24) is 9.80 Å². The van der Waals surface area contributed by atoms with E-state index in [0.29, 0.717) is 32.0 Å². The Hall–Kier alpha value is -0.660. The van der Waals surface area contributed by atoms with Crippen molar-refractivity contribution in [3.63, 3.8) is 0 Å². The van der Waals surface area contributed by atoms with Crippen molar-refractivity contribution in [2.24, 2.45) is 17.6 Å². The summed E-state index contributed by atoms with van der Waals surface area (Å²) in [5.41, 5.74) is 5.62. The fourth-order valence-corrected chi connectivity index (χ4v) is 4.65. The number of amides is 1. The minimum Gasteiger partial charge on any atom is -0.340 e. The van der Waals surface area contributed by atoms with Gasteiger partial charge in [-0.05, 0) is 18.9 Å². The van der Waals surface area contributed by atoms with E-state index in [-0.39, 0.29) is 23.3 Å². The lowest BCUT2D eigenvalue weighted by Gasteiger charge is -2.36. The number of hydrogen-bond acceptors (Lipinski definition) is 5. The third kappa shape index (κ3) is 3.93. The minimum absolute atomic E-state index is 0.0256. The molecular weight excluding hydrogens is 278 g/mol. The third-order valence-corrected chi connectivity index (χ3v) is 6.01. The molecule has 2 unspecified atom stereocenters. The van der Waals surface area contributed by atoms with E-state index in [4.69, 9.17) is 5.73 Å². The van der Waals surface area contributed by atoms with Crippen molar-refractivity contribution < 1.29 is 13.2 Å². The molecule has 2 aliphatic rings. The van der Waals surface area contributed by atoms with Gasteiger partial charge in [0.2, 0.25) is 5.91 Å². The molecule has 0 aromatic heterocycles. The van der Waals surface area contributed by atoms with Crippen LogP contribution in [0.25, 0.3) is 0 Å². The standard InChI is InChI=1S/C13H25N3O3S/c1-11(8-14)9-15-3-5-16(6-4-15)13(17)12-2-7-20(18,19)10-12/h11-12H,2-10,14H2,1H3. The van der Waals surface area contributed by atoms with E-state index in [9.17, 15) is 13.2 Å². The SMILES string of the molecule is CC(CN)CN1CCN(C(=O)C2CCS(=O)(=O)C2)CC1. The molecule has 2 saturated heterocycles. The summed E-state index contributed by atoms with van der Waals surface area (Å²) >= 11 is 0. The van der Waals surface area contributed by atoms with Gasteiger partial charge < -0.3 is 10.6 Å². The van der Waals surface area contributed by atoms with Crippen LogP contribution in [0.15, 0.2) is 0 Å². The van der Waals surface area contributed by atoms with E-state index in [0.717, 1.165) is 19.6 Å². The number of nitrogens with two attached hydrogens (primary N) is 1. The zero-order chi connectivity index (χ0) is 14.8. The highest BCUT2D eigenvalue weighted by atomic mass is 32.2. The number of sulfone groups is 1. The summed E-state index contributed by atoms with van der Waals surface area (Å²) in [5.74, 6) is 0.387. The average molecular weight is 303 g/mol. The van der Waals surface area contributed by atoms with Crippen LogP contribution >= 0.6 is 0 Å². The lowest BCUT2D eigenvalue weighted by molar-refractivity contribution is -0.136. The van der Waals surface area contributed by atoms with E-state index < -0.39 is 9.84 Å². The van der Waals surface area contributed by atoms with E-state index in [1.165, 1.54) is 0 Å². The average Bonchev–Trinajstić information content (AvgIpc) is 2.79. The Morgan fingerprint density at radius 2 is 1.95 bits per heavy atom. The molecule has 0 saturated carbocycles. The number of carbonyl (C=O) groups excluding carboxylic acids is 1. The maximum Gasteiger partial charge on any atom is 0.226 e. The van der Waals surface area contributed by atoms with Gasteiger partial charge in [-0.3, -0.25) is 9.69 Å². The lowest BCUT2D eigenvalue weighted by atomic mass is 10.1. The van der Waals surface area contributed by atoms with Crippen molar-refractivity contribution in [3.05, 3.63) is 0 Å². The summed E-state index contributed by atoms with van der Waals surface area (Å²) in [6.07, 6.45) is 0.492. The van der Waals surface area contributed by atoms with Crippen LogP contribution < -0.4 is 5.73 Å². The Morgan fingerprint density at radius 1 is 1.30 bits per heavy atom. The minimum atomic E-state index is -2.98. The summed E-state index contributed by atoms with van der Waals surface area (Å²) in [5, 5.41) is 0. The van der Waals surface area contributed by atoms with Crippen LogP contribution in [0.4, 0.5) is 0 Å². The van der Waals surface area contributed by atoms with Gasteiger partial charge in [-0.2, -0.15) is 0 Å². The maximum atomic E-state index is 12.3. The van der Waals surface area contributed by atoms with Crippen LogP contribution in [-0.2, 0) is 14.6 Å². The van der Waals surface area contributed by atoms with Crippen molar-refractivity contribution in [2.45, 2.75) is 13.3 Å². The van der Waals surface area contributed by atoms with Gasteiger partial charge in [0.05, 0.1) is 17.4 Å². The Bertz CT molecular complexity index is 444. The molecule has 20 heavy (non-hydrogen) atoms. The zero-order valence-corrected chi connectivity index (χ0v) is 12.9. The van der Waals surface area contributed by atoms with Crippen LogP contribution in [0.5, 0.6) is 0 Å². The second-order valence-corrected chi connectivity index (χ2v) is 8.30. The molecule has 2 aliphatic heterocycles. The van der Waals surface area contributed by atoms with E-state index >= 15 is 0 Å². The van der Waals surface area contributed by atoms with Gasteiger partial charge in [0.15, 0.2) is 9.84 Å². The molecule has 2 fully saturated rings. The molecule has 1 amide bonds. The topological polar surface area (TPSA) is 83.7 Å². The van der Waals surface area contributed by atoms with Gasteiger partial charge in [-0.15, -0.1) is 0 Å². The van der Waals surface area contributed by atoms with E-state index in [1.54, 1.807) is 0 Å². The Balaban J connectivity index is 1.80. The van der Waals surface area contributed by atoms with Crippen molar-refractivity contribution in [3.8, 4) is 0 Å². The molecule has 2 atom stereocenters. The summed E-state index contributed by atoms with van der Waals surface area (Å²) in [6, 6.07) is 0. The second-order valence-electron chi connectivity index (χ2n) is 6.07. The molecule has 6 nitrogen and oxygen atoms in total. The van der Waals surface area contributed by atoms with Crippen LogP contribution in [0.2, 0.25) is 0 Å². The highest BCUT2D eigenvalue weighted by molar-refractivity contribution is 7.91. The first-order valence-electron chi connectivity index (χ1n) is 7.33. The summed E-state index contributed by atoms with van der Waals surface area (Å²) < 4.78 is 22.9. The fraction of sp³-hybridized carbons (Fsp3) is 0.923. The molecule has 0 aromatic rings. The summed E-state index contributed by atoms with van der Waals surface area (Å²) in [6.45, 7) is 6.89. The van der Waals surface area contributed by atoms with E-state index in [2.05, 4.69) is 11.8 Å². The normalized spacial score (nSPS) is 28.5. The van der Waals surface area contributed by atoms with Gasteiger partial charge in [0.25, 0.3) is 0 Å². The van der Waals surface area contributed by atoms with Gasteiger partial charge >= 0.3 is 0 Å². The van der Waals surface area contributed by atoms with Gasteiger partial charge in [0.1, 0.15) is 0 Å². The van der Waals surface area contributed by atoms with Crippen LogP contribution in [-0.4, -0.2) is 74.9 Å². The third-order valence-electron chi connectivity index (χ3n) is 4.24. The Morgan fingerprint density at radius 3 is 2.45 bits per heavy atom. The second kappa shape index (κ2) is 6.41. The van der Waals surface area contributed by atoms with Crippen LogP contribution in [0.1, 0.15) is 13.3 Å². The smallest absolute Gasteiger partial charge is 0.226 e. The monoisotopic (exact) mass is 303 g/mol. The fourth-order valence-electron chi connectivity index (χ4n) is 2.91. The Kier molecular flexibility index (Phi) is 5.04. The molecule has 0 aromatic carbocycles. The van der Waals surface area contributed by atoms with Crippen molar-refractivity contribution in [2.75, 3.05) is 50.8 Å². The van der Waals surface area contributed by atoms with Gasteiger partial charge in [-0.1, -0.05) is 6.92 Å². The molecule has 7 heteroatoms. The predicted molar refractivity (Wildman–Crippen MR) is 78.0 cm³/mol. The largest absolute Gasteiger partial charge is 0.340 e. The molecule has 0 radical (unpaired) electrons. The molecule has 2 rings (SSSR count). The highest BCUT2D eigenvalue weighted by Gasteiger charge is 2.36. The summed E-state index contributed by atoms with van der Waals surface area (Å²) in [4.78, 5) is 16.5. The molecule has 0 aliphatic carbocycles. The number of piperazine rings is 1. The lowest BCUT2D eigenvalue weighted by Crippen LogP contribution is -2.51. The maximum absolute atomic E-state index is 12.3. The van der Waals surface area contributed by atoms with Crippen molar-refractivity contribution >= 4 is 15.7 Å². The number of rotatable bonds is 4. The molecule has 116 valence electrons. The first-order valence-corrected chi connectivity index (χ1v) is 9.15. The predicted octanol–water partition coefficient (Wildman–Crippen LogP) is -0.840. The highest BCUT2D eigenvalue weighted by Crippen LogP contribution is 2.21. The molecule has 2 heterocycles. The molecular formula is C13H25N3O3S.